The summed E-state index contributed by atoms with van der Waals surface area (Å²) in [6, 6.07) is 7.52. The summed E-state index contributed by atoms with van der Waals surface area (Å²) < 4.78 is 34.5. The predicted octanol–water partition coefficient (Wildman–Crippen LogP) is 5.48. The standard InChI is InChI=1S/C27H42O6/c1-9-24(33-21-13-11-20(29-6)12-14-21)25(32-17-28-5)16-23-19(4)10-15-22(18(2)3)26(23)27(30-7)31-8/h9-14,18,22-27H,1,15-17H2,2-8H3/t22-,23+,24-,25+,26-/m1/s1. The lowest BCUT2D eigenvalue weighted by atomic mass is 9.66. The van der Waals surface area contributed by atoms with Gasteiger partial charge in [-0.3, -0.25) is 0 Å². The van der Waals surface area contributed by atoms with Gasteiger partial charge in [0.15, 0.2) is 6.29 Å². The molecule has 5 atom stereocenters. The highest BCUT2D eigenvalue weighted by atomic mass is 16.7. The summed E-state index contributed by atoms with van der Waals surface area (Å²) in [5, 5.41) is 0. The summed E-state index contributed by atoms with van der Waals surface area (Å²) in [5.74, 6) is 2.85. The number of benzene rings is 1. The maximum atomic E-state index is 6.29. The Balaban J connectivity index is 2.32. The van der Waals surface area contributed by atoms with Crippen LogP contribution in [0.3, 0.4) is 0 Å². The molecular formula is C27H42O6. The SMILES string of the molecule is C=C[C@@H](Oc1ccc(OC)cc1)[C@H](C[C@H]1C(C)=CC[C@H](C(C)C)[C@H]1C(OC)OC)OCOC. The van der Waals surface area contributed by atoms with Gasteiger partial charge in [0.05, 0.1) is 7.11 Å². The molecule has 0 aliphatic heterocycles. The van der Waals surface area contributed by atoms with E-state index in [4.69, 9.17) is 28.4 Å². The Hall–Kier alpha value is -1.86. The van der Waals surface area contributed by atoms with Crippen LogP contribution in [-0.4, -0.2) is 53.7 Å². The predicted molar refractivity (Wildman–Crippen MR) is 130 cm³/mol. The fraction of sp³-hybridized carbons (Fsp3) is 0.630. The van der Waals surface area contributed by atoms with Crippen LogP contribution in [0.15, 0.2) is 48.6 Å². The topological polar surface area (TPSA) is 55.4 Å². The van der Waals surface area contributed by atoms with Crippen molar-refractivity contribution in [2.24, 2.45) is 23.7 Å². The number of methoxy groups -OCH3 is 4. The fourth-order valence-electron chi connectivity index (χ4n) is 4.88. The van der Waals surface area contributed by atoms with Crippen LogP contribution in [0.5, 0.6) is 11.5 Å². The van der Waals surface area contributed by atoms with Crippen molar-refractivity contribution in [1.82, 2.24) is 0 Å². The molecule has 186 valence electrons. The van der Waals surface area contributed by atoms with Gasteiger partial charge in [-0.1, -0.05) is 32.1 Å². The lowest BCUT2D eigenvalue weighted by Crippen LogP contribution is -2.44. The second-order valence-corrected chi connectivity index (χ2v) is 8.96. The molecule has 0 heterocycles. The van der Waals surface area contributed by atoms with E-state index in [0.29, 0.717) is 11.8 Å². The smallest absolute Gasteiger partial charge is 0.160 e. The molecule has 0 amide bonds. The summed E-state index contributed by atoms with van der Waals surface area (Å²) in [6.07, 6.45) is 4.99. The summed E-state index contributed by atoms with van der Waals surface area (Å²) in [7, 11) is 6.70. The number of hydrogen-bond donors (Lipinski definition) is 0. The highest BCUT2D eigenvalue weighted by molar-refractivity contribution is 5.31. The van der Waals surface area contributed by atoms with Crippen molar-refractivity contribution < 1.29 is 28.4 Å². The van der Waals surface area contributed by atoms with Gasteiger partial charge in [-0.15, -0.1) is 0 Å². The van der Waals surface area contributed by atoms with E-state index in [1.54, 1.807) is 34.5 Å². The van der Waals surface area contributed by atoms with Crippen molar-refractivity contribution in [2.75, 3.05) is 35.2 Å². The molecule has 1 aliphatic carbocycles. The second kappa shape index (κ2) is 13.8. The van der Waals surface area contributed by atoms with Gasteiger partial charge in [-0.2, -0.15) is 0 Å². The monoisotopic (exact) mass is 462 g/mol. The van der Waals surface area contributed by atoms with Crippen LogP contribution in [0.2, 0.25) is 0 Å². The third-order valence-corrected chi connectivity index (χ3v) is 6.71. The fourth-order valence-corrected chi connectivity index (χ4v) is 4.88. The zero-order valence-electron chi connectivity index (χ0n) is 21.3. The minimum Gasteiger partial charge on any atom is -0.497 e. The van der Waals surface area contributed by atoms with Crippen LogP contribution in [0, 0.1) is 23.7 Å². The molecule has 0 radical (unpaired) electrons. The maximum Gasteiger partial charge on any atom is 0.160 e. The highest BCUT2D eigenvalue weighted by Gasteiger charge is 2.42. The summed E-state index contributed by atoms with van der Waals surface area (Å²) >= 11 is 0. The average molecular weight is 463 g/mol. The van der Waals surface area contributed by atoms with Crippen LogP contribution in [-0.2, 0) is 18.9 Å². The van der Waals surface area contributed by atoms with E-state index in [-0.39, 0.29) is 37.1 Å². The molecule has 0 saturated carbocycles. The van der Waals surface area contributed by atoms with Gasteiger partial charge < -0.3 is 28.4 Å². The molecule has 0 unspecified atom stereocenters. The second-order valence-electron chi connectivity index (χ2n) is 8.96. The van der Waals surface area contributed by atoms with Crippen LogP contribution in [0.1, 0.15) is 33.6 Å². The van der Waals surface area contributed by atoms with Crippen LogP contribution in [0.4, 0.5) is 0 Å². The van der Waals surface area contributed by atoms with Crippen molar-refractivity contribution in [3.63, 3.8) is 0 Å². The van der Waals surface area contributed by atoms with Gasteiger partial charge in [-0.05, 0) is 67.9 Å². The van der Waals surface area contributed by atoms with Crippen molar-refractivity contribution in [3.8, 4) is 11.5 Å². The van der Waals surface area contributed by atoms with Gasteiger partial charge in [-0.25, -0.2) is 0 Å². The number of ether oxygens (including phenoxy) is 6. The van der Waals surface area contributed by atoms with Crippen molar-refractivity contribution in [2.45, 2.75) is 52.1 Å². The first kappa shape index (κ1) is 27.4. The van der Waals surface area contributed by atoms with Crippen molar-refractivity contribution in [3.05, 3.63) is 48.6 Å². The third kappa shape index (κ3) is 7.31. The summed E-state index contributed by atoms with van der Waals surface area (Å²) in [4.78, 5) is 0. The minimum absolute atomic E-state index is 0.173. The van der Waals surface area contributed by atoms with E-state index in [1.807, 2.05) is 24.3 Å². The lowest BCUT2D eigenvalue weighted by molar-refractivity contribution is -0.173. The quantitative estimate of drug-likeness (QED) is 0.269. The zero-order chi connectivity index (χ0) is 24.4. The van der Waals surface area contributed by atoms with E-state index in [2.05, 4.69) is 33.4 Å². The van der Waals surface area contributed by atoms with E-state index in [1.165, 1.54) is 5.57 Å². The molecule has 2 rings (SSSR count). The molecule has 6 nitrogen and oxygen atoms in total. The van der Waals surface area contributed by atoms with Gasteiger partial charge >= 0.3 is 0 Å². The Morgan fingerprint density at radius 2 is 1.67 bits per heavy atom. The van der Waals surface area contributed by atoms with E-state index in [0.717, 1.165) is 24.3 Å². The van der Waals surface area contributed by atoms with Gasteiger partial charge in [0.2, 0.25) is 0 Å². The van der Waals surface area contributed by atoms with Crippen molar-refractivity contribution >= 4 is 0 Å². The molecule has 0 fully saturated rings. The molecule has 0 bridgehead atoms. The van der Waals surface area contributed by atoms with Gasteiger partial charge in [0.1, 0.15) is 30.5 Å². The molecule has 0 N–H and O–H groups in total. The maximum absolute atomic E-state index is 6.29. The van der Waals surface area contributed by atoms with Crippen LogP contribution in [0.25, 0.3) is 0 Å². The number of rotatable bonds is 14. The Kier molecular flexibility index (Phi) is 11.4. The first-order chi connectivity index (χ1) is 15.9. The molecule has 0 spiro atoms. The Morgan fingerprint density at radius 1 is 1.03 bits per heavy atom. The average Bonchev–Trinajstić information content (AvgIpc) is 2.82. The lowest BCUT2D eigenvalue weighted by Gasteiger charge is -2.44. The molecule has 0 aromatic heterocycles. The Labute approximate surface area is 199 Å². The van der Waals surface area contributed by atoms with Gasteiger partial charge in [0, 0.05) is 27.2 Å². The molecule has 0 saturated heterocycles. The molecule has 1 aliphatic rings. The first-order valence-corrected chi connectivity index (χ1v) is 11.7. The molecular weight excluding hydrogens is 420 g/mol. The molecule has 6 heteroatoms. The van der Waals surface area contributed by atoms with E-state index < -0.39 is 0 Å². The normalized spacial score (nSPS) is 22.7. The number of hydrogen-bond acceptors (Lipinski definition) is 6. The third-order valence-electron chi connectivity index (χ3n) is 6.71. The molecule has 1 aromatic rings. The molecule has 33 heavy (non-hydrogen) atoms. The summed E-state index contributed by atoms with van der Waals surface area (Å²) in [6.45, 7) is 10.9. The number of allylic oxidation sites excluding steroid dienone is 2. The highest BCUT2D eigenvalue weighted by Crippen LogP contribution is 2.44. The van der Waals surface area contributed by atoms with E-state index in [9.17, 15) is 0 Å². The zero-order valence-corrected chi connectivity index (χ0v) is 21.3. The van der Waals surface area contributed by atoms with Gasteiger partial charge in [0.25, 0.3) is 0 Å². The van der Waals surface area contributed by atoms with E-state index >= 15 is 0 Å². The van der Waals surface area contributed by atoms with Crippen molar-refractivity contribution in [1.29, 1.82) is 0 Å². The Morgan fingerprint density at radius 3 is 2.18 bits per heavy atom. The minimum atomic E-state index is -0.357. The first-order valence-electron chi connectivity index (χ1n) is 11.7. The largest absolute Gasteiger partial charge is 0.497 e. The van der Waals surface area contributed by atoms with Crippen LogP contribution < -0.4 is 9.47 Å². The van der Waals surface area contributed by atoms with Crippen LogP contribution >= 0.6 is 0 Å². The Bertz CT molecular complexity index is 725. The summed E-state index contributed by atoms with van der Waals surface area (Å²) in [5.41, 5.74) is 1.33. The molecule has 1 aromatic carbocycles.